The number of allylic oxidation sites excluding steroid dienone is 8. The van der Waals surface area contributed by atoms with Gasteiger partial charge in [-0.1, -0.05) is 230 Å². The van der Waals surface area contributed by atoms with Crippen LogP contribution < -0.4 is 5.32 Å². The lowest BCUT2D eigenvalue weighted by atomic mass is 10.0. The number of hydrogen-bond donors (Lipinski definition) is 3. The molecule has 0 radical (unpaired) electrons. The van der Waals surface area contributed by atoms with Crippen LogP contribution in [0.4, 0.5) is 0 Å². The van der Waals surface area contributed by atoms with Gasteiger partial charge in [0.15, 0.2) is 0 Å². The number of aliphatic hydroxyl groups is 2. The third kappa shape index (κ3) is 44.4. The molecule has 362 valence electrons. The molecule has 0 aliphatic rings. The fourth-order valence-electron chi connectivity index (χ4n) is 8.11. The molecule has 6 heteroatoms. The van der Waals surface area contributed by atoms with Crippen LogP contribution >= 0.6 is 0 Å². The van der Waals surface area contributed by atoms with E-state index in [1.54, 1.807) is 0 Å². The van der Waals surface area contributed by atoms with Crippen LogP contribution in [0.3, 0.4) is 0 Å². The number of unbranched alkanes of at least 4 members (excludes halogenated alkanes) is 29. The topological polar surface area (TPSA) is 95.9 Å². The van der Waals surface area contributed by atoms with Gasteiger partial charge in [-0.2, -0.15) is 0 Å². The minimum atomic E-state index is -0.794. The molecule has 3 N–H and O–H groups in total. The summed E-state index contributed by atoms with van der Waals surface area (Å²) in [5, 5.41) is 23.8. The monoisotopic (exact) mass is 870 g/mol. The van der Waals surface area contributed by atoms with Crippen molar-refractivity contribution in [3.63, 3.8) is 0 Å². The Hall–Kier alpha value is -2.18. The van der Waals surface area contributed by atoms with Gasteiger partial charge in [-0.15, -0.1) is 0 Å². The maximum absolute atomic E-state index is 13.2. The van der Waals surface area contributed by atoms with Gasteiger partial charge in [0.25, 0.3) is 0 Å². The summed E-state index contributed by atoms with van der Waals surface area (Å²) in [5.41, 5.74) is 0. The molecule has 0 rings (SSSR count). The first kappa shape index (κ1) is 59.8. The zero-order chi connectivity index (χ0) is 45.2. The van der Waals surface area contributed by atoms with Crippen molar-refractivity contribution in [2.24, 2.45) is 0 Å². The van der Waals surface area contributed by atoms with Gasteiger partial charge in [0.2, 0.25) is 5.91 Å². The first-order valence-electron chi connectivity index (χ1n) is 26.9. The lowest BCUT2D eigenvalue weighted by Gasteiger charge is -2.24. The molecule has 0 saturated heterocycles. The molecule has 0 spiro atoms. The molecule has 6 nitrogen and oxygen atoms in total. The molecular weight excluding hydrogens is 767 g/mol. The average Bonchev–Trinajstić information content (AvgIpc) is 3.26. The summed E-state index contributed by atoms with van der Waals surface area (Å²) in [6.07, 6.45) is 60.3. The van der Waals surface area contributed by atoms with Crippen molar-refractivity contribution in [3.8, 4) is 0 Å². The first-order chi connectivity index (χ1) is 30.5. The Balaban J connectivity index is 4.56. The predicted octanol–water partition coefficient (Wildman–Crippen LogP) is 16.2. The molecule has 3 unspecified atom stereocenters. The third-order valence-corrected chi connectivity index (χ3v) is 12.2. The van der Waals surface area contributed by atoms with E-state index in [-0.39, 0.29) is 24.9 Å². The van der Waals surface area contributed by atoms with Crippen LogP contribution in [0.2, 0.25) is 0 Å². The second kappa shape index (κ2) is 49.8. The van der Waals surface area contributed by atoms with Crippen molar-refractivity contribution >= 4 is 11.9 Å². The molecular formula is C56H103NO5. The fraction of sp³-hybridized carbons (Fsp3) is 0.821. The number of esters is 1. The minimum Gasteiger partial charge on any atom is -0.462 e. The van der Waals surface area contributed by atoms with Gasteiger partial charge >= 0.3 is 5.97 Å². The number of hydrogen-bond acceptors (Lipinski definition) is 5. The largest absolute Gasteiger partial charge is 0.462 e. The minimum absolute atomic E-state index is 0.0623. The molecule has 0 aromatic rings. The van der Waals surface area contributed by atoms with Crippen LogP contribution in [0.1, 0.15) is 271 Å². The summed E-state index contributed by atoms with van der Waals surface area (Å²) < 4.78 is 5.93. The van der Waals surface area contributed by atoms with Crippen molar-refractivity contribution in [2.75, 3.05) is 6.61 Å². The van der Waals surface area contributed by atoms with Crippen molar-refractivity contribution < 1.29 is 24.5 Å². The van der Waals surface area contributed by atoms with E-state index in [1.165, 1.54) is 135 Å². The summed E-state index contributed by atoms with van der Waals surface area (Å²) in [7, 11) is 0. The zero-order valence-corrected chi connectivity index (χ0v) is 41.3. The molecule has 0 aliphatic heterocycles. The normalized spacial score (nSPS) is 13.6. The van der Waals surface area contributed by atoms with Crippen molar-refractivity contribution in [3.05, 3.63) is 48.6 Å². The molecule has 0 aromatic carbocycles. The SMILES string of the molecule is CC/C=C/C/C=C/CCCCCCCC(CC(=O)NC(CO)C(O)CCCCCCCCCCCCCCC)OC(=O)CCCCCCC/C=C/C=C/CCCCCCCCC. The van der Waals surface area contributed by atoms with Gasteiger partial charge in [-0.25, -0.2) is 0 Å². The van der Waals surface area contributed by atoms with Crippen LogP contribution in [-0.4, -0.2) is 46.9 Å². The van der Waals surface area contributed by atoms with E-state index in [0.717, 1.165) is 89.9 Å². The van der Waals surface area contributed by atoms with Gasteiger partial charge in [0.05, 0.1) is 25.2 Å². The lowest BCUT2D eigenvalue weighted by Crippen LogP contribution is -2.46. The van der Waals surface area contributed by atoms with E-state index in [0.29, 0.717) is 19.3 Å². The Morgan fingerprint density at radius 2 is 0.919 bits per heavy atom. The third-order valence-electron chi connectivity index (χ3n) is 12.2. The van der Waals surface area contributed by atoms with Crippen LogP contribution in [0.15, 0.2) is 48.6 Å². The molecule has 3 atom stereocenters. The van der Waals surface area contributed by atoms with Gasteiger partial charge in [0, 0.05) is 6.42 Å². The van der Waals surface area contributed by atoms with E-state index in [4.69, 9.17) is 4.74 Å². The Bertz CT molecular complexity index is 1070. The van der Waals surface area contributed by atoms with Crippen LogP contribution in [0, 0.1) is 0 Å². The van der Waals surface area contributed by atoms with E-state index >= 15 is 0 Å². The zero-order valence-electron chi connectivity index (χ0n) is 41.3. The first-order valence-corrected chi connectivity index (χ1v) is 26.9. The Morgan fingerprint density at radius 3 is 1.40 bits per heavy atom. The van der Waals surface area contributed by atoms with Crippen molar-refractivity contribution in [1.82, 2.24) is 5.32 Å². The molecule has 0 bridgehead atoms. The number of carbonyl (C=O) groups excluding carboxylic acids is 2. The van der Waals surface area contributed by atoms with E-state index in [9.17, 15) is 19.8 Å². The van der Waals surface area contributed by atoms with E-state index < -0.39 is 18.2 Å². The van der Waals surface area contributed by atoms with E-state index in [2.05, 4.69) is 74.7 Å². The summed E-state index contributed by atoms with van der Waals surface area (Å²) >= 11 is 0. The smallest absolute Gasteiger partial charge is 0.306 e. The number of rotatable bonds is 48. The highest BCUT2D eigenvalue weighted by atomic mass is 16.5. The number of ether oxygens (including phenoxy) is 1. The molecule has 1 amide bonds. The molecule has 0 saturated carbocycles. The van der Waals surface area contributed by atoms with Crippen molar-refractivity contribution in [1.29, 1.82) is 0 Å². The predicted molar refractivity (Wildman–Crippen MR) is 269 cm³/mol. The highest BCUT2D eigenvalue weighted by Crippen LogP contribution is 2.18. The highest BCUT2D eigenvalue weighted by molar-refractivity contribution is 5.77. The summed E-state index contributed by atoms with van der Waals surface area (Å²) in [6.45, 7) is 6.38. The second-order valence-corrected chi connectivity index (χ2v) is 18.3. The van der Waals surface area contributed by atoms with Crippen LogP contribution in [-0.2, 0) is 14.3 Å². The quantitative estimate of drug-likeness (QED) is 0.0245. The van der Waals surface area contributed by atoms with Crippen LogP contribution in [0.25, 0.3) is 0 Å². The molecule has 0 fully saturated rings. The number of nitrogens with one attached hydrogen (secondary N) is 1. The maximum atomic E-state index is 13.2. The maximum Gasteiger partial charge on any atom is 0.306 e. The second-order valence-electron chi connectivity index (χ2n) is 18.3. The van der Waals surface area contributed by atoms with Crippen molar-refractivity contribution in [2.45, 2.75) is 289 Å². The lowest BCUT2D eigenvalue weighted by molar-refractivity contribution is -0.151. The van der Waals surface area contributed by atoms with Gasteiger partial charge in [-0.3, -0.25) is 9.59 Å². The molecule has 0 aromatic heterocycles. The van der Waals surface area contributed by atoms with Crippen LogP contribution in [0.5, 0.6) is 0 Å². The standard InChI is InChI=1S/C56H103NO5/c1-4-7-10-13-16-19-22-25-26-27-28-29-31-34-37-40-43-46-49-56(61)62-52(47-44-41-38-35-32-24-21-18-15-12-9-6-3)50-55(60)57-53(51-58)54(59)48-45-42-39-36-33-30-23-20-17-14-11-8-5-2/h9,12,18,21,26-29,52-54,58-59H,4-8,10-11,13-17,19-20,22-25,30-51H2,1-3H3,(H,57,60)/b12-9+,21-18+,27-26+,29-28+. The van der Waals surface area contributed by atoms with Gasteiger partial charge in [-0.05, 0) is 77.0 Å². The van der Waals surface area contributed by atoms with Gasteiger partial charge < -0.3 is 20.3 Å². The summed E-state index contributed by atoms with van der Waals surface area (Å²) in [6, 6.07) is -0.709. The Kier molecular flexibility index (Phi) is 48.1. The number of aliphatic hydroxyl groups excluding tert-OH is 2. The molecule has 62 heavy (non-hydrogen) atoms. The highest BCUT2D eigenvalue weighted by Gasteiger charge is 2.24. The van der Waals surface area contributed by atoms with E-state index in [1.807, 2.05) is 0 Å². The Labute approximate surface area is 385 Å². The fourth-order valence-corrected chi connectivity index (χ4v) is 8.11. The average molecular weight is 870 g/mol. The number of carbonyl (C=O) groups is 2. The number of amides is 1. The van der Waals surface area contributed by atoms with Gasteiger partial charge in [0.1, 0.15) is 6.10 Å². The molecule has 0 heterocycles. The summed E-state index contributed by atoms with van der Waals surface area (Å²) in [4.78, 5) is 26.2. The Morgan fingerprint density at radius 1 is 0.500 bits per heavy atom. The molecule has 0 aliphatic carbocycles. The summed E-state index contributed by atoms with van der Waals surface area (Å²) in [5.74, 6) is -0.500.